The van der Waals surface area contributed by atoms with Crippen LogP contribution in [0.3, 0.4) is 0 Å². The first-order valence-corrected chi connectivity index (χ1v) is 9.94. The Balaban J connectivity index is 1.48. The second kappa shape index (κ2) is 9.80. The molecule has 1 N–H and O–H groups in total. The van der Waals surface area contributed by atoms with Gasteiger partial charge in [0, 0.05) is 17.2 Å². The van der Waals surface area contributed by atoms with Crippen LogP contribution >= 0.6 is 11.8 Å². The van der Waals surface area contributed by atoms with Crippen molar-refractivity contribution in [1.82, 2.24) is 15.5 Å². The molecule has 7 nitrogen and oxygen atoms in total. The van der Waals surface area contributed by atoms with Gasteiger partial charge in [-0.1, -0.05) is 17.3 Å². The highest BCUT2D eigenvalue weighted by atomic mass is 32.2. The summed E-state index contributed by atoms with van der Waals surface area (Å²) in [5, 5.41) is 6.58. The largest absolute Gasteiger partial charge is 0.487 e. The lowest BCUT2D eigenvalue weighted by Crippen LogP contribution is -2.33. The third-order valence-corrected chi connectivity index (χ3v) is 4.53. The van der Waals surface area contributed by atoms with Gasteiger partial charge in [-0.05, 0) is 37.4 Å². The molecule has 0 spiro atoms. The van der Waals surface area contributed by atoms with E-state index in [4.69, 9.17) is 14.0 Å². The number of carbonyl (C=O) groups is 1. The first kappa shape index (κ1) is 19.8. The number of carbonyl (C=O) groups excluding carboxylic acids is 1. The summed E-state index contributed by atoms with van der Waals surface area (Å²) in [6, 6.07) is 12.9. The number of ether oxygens (including phenoxy) is 2. The zero-order valence-corrected chi connectivity index (χ0v) is 16.4. The number of amides is 1. The first-order chi connectivity index (χ1) is 13.7. The van der Waals surface area contributed by atoms with Crippen LogP contribution in [0, 0.1) is 0 Å². The highest BCUT2D eigenvalue weighted by molar-refractivity contribution is 7.98. The fourth-order valence-corrected chi connectivity index (χ4v) is 2.94. The molecule has 1 aromatic carbocycles. The molecule has 28 heavy (non-hydrogen) atoms. The van der Waals surface area contributed by atoms with Gasteiger partial charge in [-0.2, -0.15) is 0 Å². The normalized spacial score (nSPS) is 11.6. The topological polar surface area (TPSA) is 86.5 Å². The van der Waals surface area contributed by atoms with Crippen LogP contribution in [0.15, 0.2) is 64.3 Å². The smallest absolute Gasteiger partial charge is 0.273 e. The maximum Gasteiger partial charge on any atom is 0.273 e. The lowest BCUT2D eigenvalue weighted by Gasteiger charge is -2.14. The number of thioether (sulfide) groups is 1. The number of hydrogen-bond acceptors (Lipinski definition) is 7. The SMILES string of the molecule is CSc1ccccc1OCc1cc(C(=O)NC[C@H](C)Oc2cccnc2)no1. The maximum absolute atomic E-state index is 12.2. The van der Waals surface area contributed by atoms with Crippen molar-refractivity contribution in [3.05, 3.63) is 66.3 Å². The molecule has 146 valence electrons. The molecule has 3 aromatic rings. The van der Waals surface area contributed by atoms with Crippen LogP contribution in [0.1, 0.15) is 23.2 Å². The molecule has 0 bridgehead atoms. The Morgan fingerprint density at radius 2 is 2.14 bits per heavy atom. The predicted octanol–water partition coefficient (Wildman–Crippen LogP) is 3.57. The summed E-state index contributed by atoms with van der Waals surface area (Å²) in [4.78, 5) is 17.3. The third kappa shape index (κ3) is 5.50. The minimum atomic E-state index is -0.332. The van der Waals surface area contributed by atoms with E-state index in [9.17, 15) is 4.79 Å². The van der Waals surface area contributed by atoms with E-state index in [1.165, 1.54) is 0 Å². The molecule has 0 aliphatic rings. The average molecular weight is 399 g/mol. The van der Waals surface area contributed by atoms with Gasteiger partial charge in [0.2, 0.25) is 0 Å². The second-order valence-electron chi connectivity index (χ2n) is 5.95. The molecular formula is C20H21N3O4S. The van der Waals surface area contributed by atoms with Gasteiger partial charge in [0.05, 0.1) is 12.7 Å². The third-order valence-electron chi connectivity index (χ3n) is 3.75. The molecule has 0 aliphatic heterocycles. The standard InChI is InChI=1S/C20H21N3O4S/c1-14(26-15-6-5-9-21-12-15)11-22-20(24)17-10-16(27-23-17)13-25-18-7-3-4-8-19(18)28-2/h3-10,12,14H,11,13H2,1-2H3,(H,22,24)/t14-/m0/s1. The Labute approximate surface area is 167 Å². The van der Waals surface area contributed by atoms with Crippen LogP contribution < -0.4 is 14.8 Å². The Morgan fingerprint density at radius 3 is 2.93 bits per heavy atom. The number of rotatable bonds is 9. The molecule has 2 aromatic heterocycles. The van der Waals surface area contributed by atoms with Crippen molar-refractivity contribution < 1.29 is 18.8 Å². The van der Waals surface area contributed by atoms with E-state index in [1.54, 1.807) is 36.3 Å². The Hall–Kier alpha value is -3.00. The van der Waals surface area contributed by atoms with Crippen molar-refractivity contribution in [2.45, 2.75) is 24.5 Å². The van der Waals surface area contributed by atoms with Crippen LogP contribution in [-0.2, 0) is 6.61 Å². The Kier molecular flexibility index (Phi) is 6.91. The van der Waals surface area contributed by atoms with E-state index in [2.05, 4.69) is 15.5 Å². The molecule has 8 heteroatoms. The summed E-state index contributed by atoms with van der Waals surface area (Å²) in [6.45, 7) is 2.38. The summed E-state index contributed by atoms with van der Waals surface area (Å²) in [6.07, 6.45) is 5.06. The van der Waals surface area contributed by atoms with E-state index >= 15 is 0 Å². The molecule has 1 atom stereocenters. The van der Waals surface area contributed by atoms with Gasteiger partial charge < -0.3 is 19.3 Å². The fourth-order valence-electron chi connectivity index (χ4n) is 2.39. The monoisotopic (exact) mass is 399 g/mol. The number of benzene rings is 1. The minimum Gasteiger partial charge on any atom is -0.487 e. The Morgan fingerprint density at radius 1 is 1.29 bits per heavy atom. The van der Waals surface area contributed by atoms with Crippen molar-refractivity contribution in [3.63, 3.8) is 0 Å². The average Bonchev–Trinajstić information content (AvgIpc) is 3.20. The van der Waals surface area contributed by atoms with E-state index in [0.29, 0.717) is 18.1 Å². The zero-order chi connectivity index (χ0) is 19.8. The van der Waals surface area contributed by atoms with Crippen molar-refractivity contribution in [2.24, 2.45) is 0 Å². The van der Waals surface area contributed by atoms with E-state index in [1.807, 2.05) is 43.5 Å². The maximum atomic E-state index is 12.2. The number of nitrogens with one attached hydrogen (secondary N) is 1. The van der Waals surface area contributed by atoms with Crippen LogP contribution in [0.2, 0.25) is 0 Å². The van der Waals surface area contributed by atoms with E-state index in [0.717, 1.165) is 10.6 Å². The van der Waals surface area contributed by atoms with Crippen LogP contribution in [0.4, 0.5) is 0 Å². The van der Waals surface area contributed by atoms with Crippen LogP contribution in [0.5, 0.6) is 11.5 Å². The number of pyridine rings is 1. The predicted molar refractivity (Wildman–Crippen MR) is 106 cm³/mol. The van der Waals surface area contributed by atoms with Gasteiger partial charge in [0.25, 0.3) is 5.91 Å². The lowest BCUT2D eigenvalue weighted by atomic mass is 10.3. The second-order valence-corrected chi connectivity index (χ2v) is 6.79. The molecule has 0 saturated carbocycles. The van der Waals surface area contributed by atoms with Crippen LogP contribution in [0.25, 0.3) is 0 Å². The zero-order valence-electron chi connectivity index (χ0n) is 15.6. The molecule has 0 aliphatic carbocycles. The summed E-state index contributed by atoms with van der Waals surface area (Å²) >= 11 is 1.60. The summed E-state index contributed by atoms with van der Waals surface area (Å²) in [5.74, 6) is 1.55. The summed E-state index contributed by atoms with van der Waals surface area (Å²) < 4.78 is 16.6. The quantitative estimate of drug-likeness (QED) is 0.551. The number of nitrogens with zero attached hydrogens (tertiary/aromatic N) is 2. The van der Waals surface area contributed by atoms with E-state index < -0.39 is 0 Å². The van der Waals surface area contributed by atoms with Crippen LogP contribution in [-0.4, -0.2) is 35.0 Å². The van der Waals surface area contributed by atoms with Gasteiger partial charge in [-0.15, -0.1) is 11.8 Å². The van der Waals surface area contributed by atoms with Gasteiger partial charge in [-0.25, -0.2) is 0 Å². The fraction of sp³-hybridized carbons (Fsp3) is 0.250. The van der Waals surface area contributed by atoms with Gasteiger partial charge in [0.15, 0.2) is 11.5 Å². The molecule has 0 fully saturated rings. The number of aromatic nitrogens is 2. The van der Waals surface area contributed by atoms with Gasteiger partial charge in [0.1, 0.15) is 24.2 Å². The van der Waals surface area contributed by atoms with Gasteiger partial charge >= 0.3 is 0 Å². The van der Waals surface area contributed by atoms with Crippen molar-refractivity contribution >= 4 is 17.7 Å². The highest BCUT2D eigenvalue weighted by Crippen LogP contribution is 2.27. The number of para-hydroxylation sites is 1. The minimum absolute atomic E-state index is 0.193. The molecule has 2 heterocycles. The summed E-state index contributed by atoms with van der Waals surface area (Å²) in [5.41, 5.74) is 0.199. The molecule has 3 rings (SSSR count). The molecule has 1 amide bonds. The molecular weight excluding hydrogens is 378 g/mol. The van der Waals surface area contributed by atoms with Crippen molar-refractivity contribution in [2.75, 3.05) is 12.8 Å². The van der Waals surface area contributed by atoms with Gasteiger partial charge in [-0.3, -0.25) is 9.78 Å². The van der Waals surface area contributed by atoms with Crippen molar-refractivity contribution in [1.29, 1.82) is 0 Å². The molecule has 0 radical (unpaired) electrons. The molecule has 0 saturated heterocycles. The molecule has 0 unspecified atom stereocenters. The summed E-state index contributed by atoms with van der Waals surface area (Å²) in [7, 11) is 0. The highest BCUT2D eigenvalue weighted by Gasteiger charge is 2.15. The van der Waals surface area contributed by atoms with Crippen molar-refractivity contribution in [3.8, 4) is 11.5 Å². The van der Waals surface area contributed by atoms with E-state index in [-0.39, 0.29) is 24.3 Å². The lowest BCUT2D eigenvalue weighted by molar-refractivity contribution is 0.0922. The number of hydrogen-bond donors (Lipinski definition) is 1. The first-order valence-electron chi connectivity index (χ1n) is 8.72. The Bertz CT molecular complexity index is 901.